The average molecular weight is 508 g/mol. The molecule has 0 saturated carbocycles. The standard InChI is InChI=1S/C30H26FN5O2/c31-23-11-13-24(14-12-23)32-28(37)20-35-27-15-16-34(18-21-7-3-1-4-8-21)19-25(27)30(38)36-29(35)17-26(33-36)22-9-5-2-6-10-22/h1-14,17H,15-16,18-20H2,(H,32,37). The van der Waals surface area contributed by atoms with Crippen molar-refractivity contribution in [3.63, 3.8) is 0 Å². The Hall–Kier alpha value is -4.56. The smallest absolute Gasteiger partial charge is 0.279 e. The number of halogens is 1. The Morgan fingerprint density at radius 1 is 0.947 bits per heavy atom. The first kappa shape index (κ1) is 23.8. The van der Waals surface area contributed by atoms with Crippen molar-refractivity contribution in [2.24, 2.45) is 0 Å². The van der Waals surface area contributed by atoms with Gasteiger partial charge < -0.3 is 9.88 Å². The van der Waals surface area contributed by atoms with E-state index in [0.29, 0.717) is 35.6 Å². The molecule has 1 aliphatic heterocycles. The first-order valence-corrected chi connectivity index (χ1v) is 12.6. The molecule has 38 heavy (non-hydrogen) atoms. The Morgan fingerprint density at radius 3 is 2.39 bits per heavy atom. The summed E-state index contributed by atoms with van der Waals surface area (Å²) in [5.41, 5.74) is 5.15. The molecule has 2 aromatic heterocycles. The molecule has 0 saturated heterocycles. The number of hydrogen-bond donors (Lipinski definition) is 1. The molecule has 0 bridgehead atoms. The molecule has 0 unspecified atom stereocenters. The lowest BCUT2D eigenvalue weighted by Crippen LogP contribution is -2.39. The van der Waals surface area contributed by atoms with E-state index in [0.717, 1.165) is 24.3 Å². The van der Waals surface area contributed by atoms with Crippen LogP contribution in [0.3, 0.4) is 0 Å². The Bertz CT molecular complexity index is 1660. The first-order chi connectivity index (χ1) is 18.5. The number of hydrogen-bond acceptors (Lipinski definition) is 4. The summed E-state index contributed by atoms with van der Waals surface area (Å²) in [5.74, 6) is -0.634. The van der Waals surface area contributed by atoms with Gasteiger partial charge in [0.1, 0.15) is 18.0 Å². The van der Waals surface area contributed by atoms with Gasteiger partial charge in [-0.25, -0.2) is 4.39 Å². The third-order valence-corrected chi connectivity index (χ3v) is 6.89. The topological polar surface area (TPSA) is 71.6 Å². The summed E-state index contributed by atoms with van der Waals surface area (Å²) in [4.78, 5) is 29.1. The number of carbonyl (C=O) groups excluding carboxylic acids is 1. The molecule has 0 fully saturated rings. The van der Waals surface area contributed by atoms with Crippen LogP contribution < -0.4 is 10.9 Å². The Kier molecular flexibility index (Phi) is 6.31. The highest BCUT2D eigenvalue weighted by Crippen LogP contribution is 2.24. The van der Waals surface area contributed by atoms with E-state index < -0.39 is 0 Å². The maximum absolute atomic E-state index is 13.7. The predicted octanol–water partition coefficient (Wildman–Crippen LogP) is 4.50. The lowest BCUT2D eigenvalue weighted by atomic mass is 10.0. The summed E-state index contributed by atoms with van der Waals surface area (Å²) in [5, 5.41) is 7.49. The zero-order valence-electron chi connectivity index (χ0n) is 20.7. The molecule has 0 radical (unpaired) electrons. The molecule has 0 atom stereocenters. The van der Waals surface area contributed by atoms with Gasteiger partial charge in [0.15, 0.2) is 0 Å². The number of carbonyl (C=O) groups is 1. The van der Waals surface area contributed by atoms with Gasteiger partial charge in [-0.3, -0.25) is 14.5 Å². The fraction of sp³-hybridized carbons (Fsp3) is 0.167. The second-order valence-corrected chi connectivity index (χ2v) is 9.48. The van der Waals surface area contributed by atoms with Gasteiger partial charge in [0.05, 0.1) is 11.3 Å². The van der Waals surface area contributed by atoms with E-state index in [1.807, 2.05) is 59.2 Å². The third-order valence-electron chi connectivity index (χ3n) is 6.89. The SMILES string of the molecule is O=C(Cn1c2c(c(=O)n3nc(-c4ccccc4)cc13)CN(Cc1ccccc1)CC2)Nc1ccc(F)cc1. The Morgan fingerprint density at radius 2 is 1.66 bits per heavy atom. The fourth-order valence-corrected chi connectivity index (χ4v) is 5.06. The van der Waals surface area contributed by atoms with Crippen LogP contribution in [0.1, 0.15) is 16.8 Å². The number of nitrogens with one attached hydrogen (secondary N) is 1. The van der Waals surface area contributed by atoms with Crippen LogP contribution >= 0.6 is 0 Å². The Labute approximate surface area is 218 Å². The third kappa shape index (κ3) is 4.73. The molecular formula is C30H26FN5O2. The maximum atomic E-state index is 13.7. The number of amides is 1. The quantitative estimate of drug-likeness (QED) is 0.368. The fourth-order valence-electron chi connectivity index (χ4n) is 5.06. The number of benzene rings is 3. The molecule has 5 aromatic rings. The van der Waals surface area contributed by atoms with Crippen molar-refractivity contribution in [2.45, 2.75) is 26.1 Å². The first-order valence-electron chi connectivity index (χ1n) is 12.6. The molecule has 1 aliphatic rings. The summed E-state index contributed by atoms with van der Waals surface area (Å²) in [6.07, 6.45) is 0.629. The molecule has 6 rings (SSSR count). The van der Waals surface area contributed by atoms with Crippen molar-refractivity contribution in [2.75, 3.05) is 11.9 Å². The minimum Gasteiger partial charge on any atom is -0.325 e. The van der Waals surface area contributed by atoms with Crippen LogP contribution in [0.4, 0.5) is 10.1 Å². The van der Waals surface area contributed by atoms with Crippen LogP contribution in [-0.4, -0.2) is 31.5 Å². The number of anilines is 1. The normalized spacial score (nSPS) is 13.4. The predicted molar refractivity (Wildman–Crippen MR) is 144 cm³/mol. The van der Waals surface area contributed by atoms with Crippen molar-refractivity contribution < 1.29 is 9.18 Å². The van der Waals surface area contributed by atoms with E-state index in [9.17, 15) is 14.0 Å². The second-order valence-electron chi connectivity index (χ2n) is 9.48. The summed E-state index contributed by atoms with van der Waals surface area (Å²) in [6, 6.07) is 27.4. The number of nitrogens with zero attached hydrogens (tertiary/aromatic N) is 4. The van der Waals surface area contributed by atoms with Crippen molar-refractivity contribution >= 4 is 17.2 Å². The lowest BCUT2D eigenvalue weighted by molar-refractivity contribution is -0.116. The van der Waals surface area contributed by atoms with Crippen molar-refractivity contribution in [3.8, 4) is 11.3 Å². The number of fused-ring (bicyclic) bond motifs is 2. The van der Waals surface area contributed by atoms with Gasteiger partial charge in [0, 0.05) is 49.1 Å². The summed E-state index contributed by atoms with van der Waals surface area (Å²) in [6.45, 7) is 1.97. The molecule has 190 valence electrons. The van der Waals surface area contributed by atoms with Crippen molar-refractivity contribution in [1.82, 2.24) is 19.1 Å². The maximum Gasteiger partial charge on any atom is 0.279 e. The zero-order valence-corrected chi connectivity index (χ0v) is 20.7. The molecule has 1 amide bonds. The highest BCUT2D eigenvalue weighted by atomic mass is 19.1. The molecule has 3 heterocycles. The Balaban J connectivity index is 1.40. The van der Waals surface area contributed by atoms with Gasteiger partial charge in [-0.15, -0.1) is 0 Å². The zero-order chi connectivity index (χ0) is 26.1. The van der Waals surface area contributed by atoms with Crippen LogP contribution in [0.5, 0.6) is 0 Å². The van der Waals surface area contributed by atoms with Gasteiger partial charge >= 0.3 is 0 Å². The van der Waals surface area contributed by atoms with E-state index in [-0.39, 0.29) is 23.8 Å². The molecule has 3 aromatic carbocycles. The van der Waals surface area contributed by atoms with Crippen LogP contribution in [0.15, 0.2) is 95.8 Å². The molecule has 7 nitrogen and oxygen atoms in total. The molecule has 0 spiro atoms. The minimum atomic E-state index is -0.369. The van der Waals surface area contributed by atoms with Gasteiger partial charge in [-0.05, 0) is 29.8 Å². The van der Waals surface area contributed by atoms with Crippen LogP contribution in [0.25, 0.3) is 16.9 Å². The lowest BCUT2D eigenvalue weighted by Gasteiger charge is -2.30. The van der Waals surface area contributed by atoms with Crippen molar-refractivity contribution in [3.05, 3.63) is 124 Å². The highest BCUT2D eigenvalue weighted by Gasteiger charge is 2.26. The van der Waals surface area contributed by atoms with Gasteiger partial charge in [0.25, 0.3) is 5.56 Å². The summed E-state index contributed by atoms with van der Waals surface area (Å²) in [7, 11) is 0. The number of aromatic nitrogens is 3. The number of rotatable bonds is 6. The van der Waals surface area contributed by atoms with E-state index in [1.54, 1.807) is 0 Å². The van der Waals surface area contributed by atoms with Crippen LogP contribution in [0, 0.1) is 5.82 Å². The van der Waals surface area contributed by atoms with Gasteiger partial charge in [0.2, 0.25) is 5.91 Å². The van der Waals surface area contributed by atoms with E-state index in [2.05, 4.69) is 27.4 Å². The molecule has 8 heteroatoms. The van der Waals surface area contributed by atoms with Gasteiger partial charge in [-0.1, -0.05) is 60.7 Å². The van der Waals surface area contributed by atoms with Crippen LogP contribution in [-0.2, 0) is 30.8 Å². The monoisotopic (exact) mass is 507 g/mol. The van der Waals surface area contributed by atoms with E-state index >= 15 is 0 Å². The van der Waals surface area contributed by atoms with Crippen molar-refractivity contribution in [1.29, 1.82) is 0 Å². The van der Waals surface area contributed by atoms with Crippen LogP contribution in [0.2, 0.25) is 0 Å². The molecule has 1 N–H and O–H groups in total. The van der Waals surface area contributed by atoms with E-state index in [1.165, 1.54) is 34.3 Å². The second kappa shape index (κ2) is 10.1. The largest absolute Gasteiger partial charge is 0.325 e. The average Bonchev–Trinajstić information content (AvgIpc) is 3.39. The van der Waals surface area contributed by atoms with Gasteiger partial charge in [-0.2, -0.15) is 9.61 Å². The summed E-state index contributed by atoms with van der Waals surface area (Å²) >= 11 is 0. The molecule has 0 aliphatic carbocycles. The summed E-state index contributed by atoms with van der Waals surface area (Å²) < 4.78 is 16.6. The van der Waals surface area contributed by atoms with E-state index in [4.69, 9.17) is 0 Å². The highest BCUT2D eigenvalue weighted by molar-refractivity contribution is 5.91. The minimum absolute atomic E-state index is 0.00208. The molecular weight excluding hydrogens is 481 g/mol.